The zero-order chi connectivity index (χ0) is 11.1. The molecule has 1 aliphatic carbocycles. The molecule has 0 spiro atoms. The first-order chi connectivity index (χ1) is 7.14. The molecule has 1 aromatic carbocycles. The van der Waals surface area contributed by atoms with Gasteiger partial charge in [0.05, 0.1) is 16.5 Å². The van der Waals surface area contributed by atoms with Gasteiger partial charge in [0.25, 0.3) is 0 Å². The molecule has 78 valence electrons. The molecular formula is C11H9ClFNO. The van der Waals surface area contributed by atoms with Crippen LogP contribution in [0.2, 0.25) is 5.02 Å². The molecule has 2 rings (SSSR count). The van der Waals surface area contributed by atoms with Crippen molar-refractivity contribution >= 4 is 11.6 Å². The minimum atomic E-state index is -0.708. The fraction of sp³-hybridized carbons (Fsp3) is 0.364. The van der Waals surface area contributed by atoms with Gasteiger partial charge in [-0.25, -0.2) is 4.39 Å². The maximum absolute atomic E-state index is 13.2. The fourth-order valence-electron chi connectivity index (χ4n) is 1.88. The highest BCUT2D eigenvalue weighted by molar-refractivity contribution is 6.30. The Labute approximate surface area is 91.9 Å². The van der Waals surface area contributed by atoms with Crippen molar-refractivity contribution in [3.8, 4) is 6.07 Å². The Hall–Kier alpha value is -1.11. The second-order valence-electron chi connectivity index (χ2n) is 3.80. The van der Waals surface area contributed by atoms with Crippen molar-refractivity contribution in [2.45, 2.75) is 11.8 Å². The third kappa shape index (κ3) is 1.50. The van der Waals surface area contributed by atoms with Crippen LogP contribution >= 0.6 is 11.6 Å². The summed E-state index contributed by atoms with van der Waals surface area (Å²) < 4.78 is 13.2. The highest BCUT2D eigenvalue weighted by atomic mass is 35.5. The molecule has 4 heteroatoms. The normalized spacial score (nSPS) is 28.5. The van der Waals surface area contributed by atoms with Gasteiger partial charge in [-0.1, -0.05) is 17.7 Å². The summed E-state index contributed by atoms with van der Waals surface area (Å²) in [5.41, 5.74) is -0.105. The number of aliphatic hydroxyl groups is 1. The van der Waals surface area contributed by atoms with Gasteiger partial charge < -0.3 is 5.11 Å². The molecule has 0 aromatic heterocycles. The molecule has 0 radical (unpaired) electrons. The van der Waals surface area contributed by atoms with E-state index in [-0.39, 0.29) is 17.5 Å². The molecule has 1 aliphatic rings. The van der Waals surface area contributed by atoms with Crippen LogP contribution in [0.4, 0.5) is 4.39 Å². The van der Waals surface area contributed by atoms with E-state index < -0.39 is 11.2 Å². The SMILES string of the molecule is N#CC1(c2ccc(Cl)c(F)c2)C[C@@H]1CO. The summed E-state index contributed by atoms with van der Waals surface area (Å²) in [5.74, 6) is -0.601. The maximum Gasteiger partial charge on any atom is 0.142 e. The van der Waals surface area contributed by atoms with Crippen molar-refractivity contribution in [3.05, 3.63) is 34.6 Å². The van der Waals surface area contributed by atoms with E-state index in [1.54, 1.807) is 6.07 Å². The number of halogens is 2. The number of hydrogen-bond acceptors (Lipinski definition) is 2. The van der Waals surface area contributed by atoms with Gasteiger partial charge >= 0.3 is 0 Å². The van der Waals surface area contributed by atoms with Crippen LogP contribution < -0.4 is 0 Å². The van der Waals surface area contributed by atoms with E-state index in [1.807, 2.05) is 0 Å². The van der Waals surface area contributed by atoms with Crippen LogP contribution in [-0.4, -0.2) is 11.7 Å². The first-order valence-corrected chi connectivity index (χ1v) is 4.99. The van der Waals surface area contributed by atoms with Crippen LogP contribution in [0.1, 0.15) is 12.0 Å². The van der Waals surface area contributed by atoms with Crippen molar-refractivity contribution < 1.29 is 9.50 Å². The predicted octanol–water partition coefficient (Wildman–Crippen LogP) is 2.25. The summed E-state index contributed by atoms with van der Waals surface area (Å²) in [5, 5.41) is 18.1. The molecule has 1 fully saturated rings. The second kappa shape index (κ2) is 3.48. The quantitative estimate of drug-likeness (QED) is 0.839. The van der Waals surface area contributed by atoms with Crippen molar-refractivity contribution in [1.29, 1.82) is 5.26 Å². The lowest BCUT2D eigenvalue weighted by atomic mass is 9.95. The summed E-state index contributed by atoms with van der Waals surface area (Å²) in [4.78, 5) is 0. The lowest BCUT2D eigenvalue weighted by Crippen LogP contribution is -2.09. The second-order valence-corrected chi connectivity index (χ2v) is 4.20. The molecular weight excluding hydrogens is 217 g/mol. The van der Waals surface area contributed by atoms with Crippen molar-refractivity contribution in [3.63, 3.8) is 0 Å². The topological polar surface area (TPSA) is 44.0 Å². The van der Waals surface area contributed by atoms with E-state index in [2.05, 4.69) is 6.07 Å². The average Bonchev–Trinajstić information content (AvgIpc) is 2.97. The summed E-state index contributed by atoms with van der Waals surface area (Å²) in [6, 6.07) is 6.51. The van der Waals surface area contributed by atoms with Crippen LogP contribution in [0.15, 0.2) is 18.2 Å². The first-order valence-electron chi connectivity index (χ1n) is 4.61. The average molecular weight is 226 g/mol. The lowest BCUT2D eigenvalue weighted by Gasteiger charge is -2.08. The Bertz CT molecular complexity index is 443. The highest BCUT2D eigenvalue weighted by Crippen LogP contribution is 2.53. The third-order valence-electron chi connectivity index (χ3n) is 2.96. The number of nitrogens with zero attached hydrogens (tertiary/aromatic N) is 1. The van der Waals surface area contributed by atoms with Gasteiger partial charge in [0.1, 0.15) is 5.82 Å². The monoisotopic (exact) mass is 225 g/mol. The van der Waals surface area contributed by atoms with E-state index in [1.165, 1.54) is 12.1 Å². The van der Waals surface area contributed by atoms with E-state index in [0.717, 1.165) is 0 Å². The van der Waals surface area contributed by atoms with Crippen LogP contribution in [0.5, 0.6) is 0 Å². The predicted molar refractivity (Wildman–Crippen MR) is 53.9 cm³/mol. The van der Waals surface area contributed by atoms with Gasteiger partial charge in [0.15, 0.2) is 0 Å². The van der Waals surface area contributed by atoms with Gasteiger partial charge in [-0.2, -0.15) is 5.26 Å². The molecule has 1 aromatic rings. The maximum atomic E-state index is 13.2. The van der Waals surface area contributed by atoms with Crippen LogP contribution in [0.25, 0.3) is 0 Å². The van der Waals surface area contributed by atoms with Crippen LogP contribution in [-0.2, 0) is 5.41 Å². The minimum absolute atomic E-state index is 0.0438. The lowest BCUT2D eigenvalue weighted by molar-refractivity contribution is 0.269. The largest absolute Gasteiger partial charge is 0.396 e. The highest BCUT2D eigenvalue weighted by Gasteiger charge is 2.55. The van der Waals surface area contributed by atoms with E-state index in [9.17, 15) is 4.39 Å². The minimum Gasteiger partial charge on any atom is -0.396 e. The van der Waals surface area contributed by atoms with Gasteiger partial charge in [-0.15, -0.1) is 0 Å². The summed E-state index contributed by atoms with van der Waals surface area (Å²) in [6.07, 6.45) is 0.584. The number of rotatable bonds is 2. The Kier molecular flexibility index (Phi) is 2.41. The van der Waals surface area contributed by atoms with E-state index in [0.29, 0.717) is 12.0 Å². The van der Waals surface area contributed by atoms with Gasteiger partial charge in [0.2, 0.25) is 0 Å². The molecule has 2 nitrogen and oxygen atoms in total. The first kappa shape index (κ1) is 10.4. The van der Waals surface area contributed by atoms with Crippen LogP contribution in [0, 0.1) is 23.1 Å². The number of aliphatic hydroxyl groups excluding tert-OH is 1. The standard InChI is InChI=1S/C11H9ClFNO/c12-9-2-1-7(3-10(9)13)11(6-14)4-8(11)5-15/h1-3,8,15H,4-5H2/t8-,11?/m1/s1. The summed E-state index contributed by atoms with van der Waals surface area (Å²) in [7, 11) is 0. The molecule has 1 saturated carbocycles. The molecule has 15 heavy (non-hydrogen) atoms. The fourth-order valence-corrected chi connectivity index (χ4v) is 2.00. The Morgan fingerprint density at radius 2 is 2.40 bits per heavy atom. The van der Waals surface area contributed by atoms with Gasteiger partial charge in [-0.3, -0.25) is 0 Å². The van der Waals surface area contributed by atoms with Crippen molar-refractivity contribution in [1.82, 2.24) is 0 Å². The number of nitriles is 1. The van der Waals surface area contributed by atoms with E-state index >= 15 is 0 Å². The van der Waals surface area contributed by atoms with Gasteiger partial charge in [0, 0.05) is 12.5 Å². The Balaban J connectivity index is 2.39. The van der Waals surface area contributed by atoms with Crippen molar-refractivity contribution in [2.75, 3.05) is 6.61 Å². The third-order valence-corrected chi connectivity index (χ3v) is 3.27. The number of hydrogen-bond donors (Lipinski definition) is 1. The van der Waals surface area contributed by atoms with Crippen LogP contribution in [0.3, 0.4) is 0 Å². The number of benzene rings is 1. The molecule has 1 N–H and O–H groups in total. The zero-order valence-electron chi connectivity index (χ0n) is 7.87. The molecule has 0 amide bonds. The van der Waals surface area contributed by atoms with Crippen molar-refractivity contribution in [2.24, 2.45) is 5.92 Å². The van der Waals surface area contributed by atoms with Gasteiger partial charge in [-0.05, 0) is 24.1 Å². The molecule has 0 aliphatic heterocycles. The molecule has 0 bridgehead atoms. The summed E-state index contributed by atoms with van der Waals surface area (Å²) in [6.45, 7) is -0.0438. The molecule has 1 unspecified atom stereocenters. The zero-order valence-corrected chi connectivity index (χ0v) is 8.63. The van der Waals surface area contributed by atoms with E-state index in [4.69, 9.17) is 22.0 Å². The molecule has 0 saturated heterocycles. The summed E-state index contributed by atoms with van der Waals surface area (Å²) >= 11 is 5.56. The smallest absolute Gasteiger partial charge is 0.142 e. The molecule has 0 heterocycles. The Morgan fingerprint density at radius 1 is 1.67 bits per heavy atom. The molecule has 2 atom stereocenters. The Morgan fingerprint density at radius 3 is 2.87 bits per heavy atom.